The van der Waals surface area contributed by atoms with Gasteiger partial charge < -0.3 is 18.7 Å². The van der Waals surface area contributed by atoms with Crippen molar-refractivity contribution in [3.63, 3.8) is 0 Å². The summed E-state index contributed by atoms with van der Waals surface area (Å²) in [6, 6.07) is 74.9. The zero-order chi connectivity index (χ0) is 46.0. The number of nitrogens with zero attached hydrogens (tertiary/aromatic N) is 4. The zero-order valence-corrected chi connectivity index (χ0v) is 41.8. The second-order valence-corrected chi connectivity index (χ2v) is 23.0. The SMILES string of the molecule is Cc1ccccc1-c1ccccc1-c1ccccc1-c1ccc2c3c1n[c-]n3-c1[c-]c(Oc3[c-]c4c(cc3)c3cccc5c6ccccc6c6ccccc6c6cccnc6n4c53)ccc1[Si]2(C)C.[Pt]. The maximum absolute atomic E-state index is 6.84. The third-order valence-corrected chi connectivity index (χ3v) is 18.1. The second-order valence-electron chi connectivity index (χ2n) is 18.7. The minimum absolute atomic E-state index is 0. The number of benzene rings is 9. The van der Waals surface area contributed by atoms with Crippen LogP contribution in [0.1, 0.15) is 5.56 Å². The van der Waals surface area contributed by atoms with Crippen LogP contribution in [0.5, 0.6) is 11.5 Å². The Bertz CT molecular complexity index is 4360. The molecule has 4 aromatic heterocycles. The predicted molar refractivity (Wildman–Crippen MR) is 287 cm³/mol. The van der Waals surface area contributed by atoms with Gasteiger partial charge in [-0.05, 0) is 90.4 Å². The Kier molecular flexibility index (Phi) is 9.71. The summed E-state index contributed by atoms with van der Waals surface area (Å²) in [6.45, 7) is 7.03. The summed E-state index contributed by atoms with van der Waals surface area (Å²) in [5, 5.41) is 11.7. The van der Waals surface area contributed by atoms with Gasteiger partial charge in [0.15, 0.2) is 0 Å². The average molecular weight is 1090 g/mol. The molecule has 0 saturated heterocycles. The van der Waals surface area contributed by atoms with Crippen molar-refractivity contribution >= 4 is 89.3 Å². The van der Waals surface area contributed by atoms with Gasteiger partial charge in [0.25, 0.3) is 0 Å². The maximum atomic E-state index is 6.84. The summed E-state index contributed by atoms with van der Waals surface area (Å²) in [5.41, 5.74) is 14.1. The fourth-order valence-electron chi connectivity index (χ4n) is 11.4. The van der Waals surface area contributed by atoms with E-state index in [-0.39, 0.29) is 21.1 Å². The van der Waals surface area contributed by atoms with Crippen molar-refractivity contribution in [3.05, 3.63) is 218 Å². The third kappa shape index (κ3) is 6.19. The maximum Gasteiger partial charge on any atom is 0.143 e. The van der Waals surface area contributed by atoms with Gasteiger partial charge in [-0.25, -0.2) is 4.98 Å². The zero-order valence-electron chi connectivity index (χ0n) is 38.5. The molecule has 14 rings (SSSR count). The fourth-order valence-corrected chi connectivity index (χ4v) is 14.2. The molecular formula is C63H41N4OPtSi-3. The Hall–Kier alpha value is -7.89. The quantitative estimate of drug-likeness (QED) is 0.127. The smallest absolute Gasteiger partial charge is 0.143 e. The summed E-state index contributed by atoms with van der Waals surface area (Å²) >= 11 is 0. The Labute approximate surface area is 420 Å². The van der Waals surface area contributed by atoms with E-state index in [1.807, 2.05) is 18.3 Å². The molecule has 70 heavy (non-hydrogen) atoms. The van der Waals surface area contributed by atoms with Gasteiger partial charge in [0.05, 0.1) is 0 Å². The Morgan fingerprint density at radius 1 is 0.457 bits per heavy atom. The summed E-state index contributed by atoms with van der Waals surface area (Å²) in [5.74, 6) is 1.19. The van der Waals surface area contributed by atoms with Gasteiger partial charge in [-0.1, -0.05) is 181 Å². The number of aryl methyl sites for hydroxylation is 1. The van der Waals surface area contributed by atoms with Crippen molar-refractivity contribution in [1.29, 1.82) is 0 Å². The second kappa shape index (κ2) is 16.1. The number of hydrogen-bond donors (Lipinski definition) is 0. The fraction of sp³-hybridized carbons (Fsp3) is 0.0476. The molecule has 0 fully saturated rings. The van der Waals surface area contributed by atoms with Crippen LogP contribution in [-0.2, 0) is 21.1 Å². The van der Waals surface area contributed by atoms with E-state index in [2.05, 4.69) is 223 Å². The normalized spacial score (nSPS) is 12.8. The molecule has 0 aliphatic carbocycles. The molecule has 1 aliphatic heterocycles. The molecule has 7 heteroatoms. The van der Waals surface area contributed by atoms with Crippen LogP contribution in [-0.4, -0.2) is 27.0 Å². The molecule has 0 unspecified atom stereocenters. The first-order valence-corrected chi connectivity index (χ1v) is 26.5. The van der Waals surface area contributed by atoms with E-state index in [1.54, 1.807) is 0 Å². The number of hydrogen-bond acceptors (Lipinski definition) is 3. The summed E-state index contributed by atoms with van der Waals surface area (Å²) in [4.78, 5) is 10.2. The van der Waals surface area contributed by atoms with Crippen LogP contribution in [0.25, 0.3) is 110 Å². The number of rotatable bonds is 5. The molecule has 5 nitrogen and oxygen atoms in total. The number of ether oxygens (including phenoxy) is 1. The first-order chi connectivity index (χ1) is 33.9. The van der Waals surface area contributed by atoms with Gasteiger partial charge in [0.1, 0.15) is 5.65 Å². The van der Waals surface area contributed by atoms with E-state index in [4.69, 9.17) is 14.7 Å². The molecule has 336 valence electrons. The molecule has 0 spiro atoms. The number of pyridine rings is 1. The van der Waals surface area contributed by atoms with E-state index in [9.17, 15) is 0 Å². The average Bonchev–Trinajstić information content (AvgIpc) is 3.99. The van der Waals surface area contributed by atoms with E-state index < -0.39 is 8.07 Å². The van der Waals surface area contributed by atoms with Crippen LogP contribution in [0.4, 0.5) is 0 Å². The molecule has 1 aliphatic rings. The van der Waals surface area contributed by atoms with Gasteiger partial charge in [-0.15, -0.1) is 29.3 Å². The van der Waals surface area contributed by atoms with Crippen LogP contribution in [0.2, 0.25) is 13.1 Å². The largest absolute Gasteiger partial charge is 0.510 e. The van der Waals surface area contributed by atoms with E-state index in [0.29, 0.717) is 11.5 Å². The predicted octanol–water partition coefficient (Wildman–Crippen LogP) is 14.6. The van der Waals surface area contributed by atoms with Crippen molar-refractivity contribution < 1.29 is 25.8 Å². The molecule has 0 radical (unpaired) electrons. The van der Waals surface area contributed by atoms with Crippen molar-refractivity contribution in [3.8, 4) is 50.6 Å². The van der Waals surface area contributed by atoms with E-state index >= 15 is 0 Å². The Morgan fingerprint density at radius 2 is 0.986 bits per heavy atom. The molecule has 0 amide bonds. The molecule has 0 saturated carbocycles. The van der Waals surface area contributed by atoms with Crippen LogP contribution < -0.4 is 15.1 Å². The first kappa shape index (κ1) is 42.2. The van der Waals surface area contributed by atoms with Crippen molar-refractivity contribution in [2.24, 2.45) is 0 Å². The monoisotopic (exact) mass is 1090 g/mol. The van der Waals surface area contributed by atoms with Gasteiger partial charge in [0.2, 0.25) is 0 Å². The van der Waals surface area contributed by atoms with Crippen molar-refractivity contribution in [2.75, 3.05) is 0 Å². The number of imidazole rings is 1. The topological polar surface area (TPSA) is 44.3 Å². The Balaban J connectivity index is 0.00000480. The molecule has 0 N–H and O–H groups in total. The third-order valence-electron chi connectivity index (χ3n) is 14.6. The molecule has 5 heterocycles. The van der Waals surface area contributed by atoms with Gasteiger partial charge in [-0.2, -0.15) is 23.4 Å². The van der Waals surface area contributed by atoms with Gasteiger partial charge >= 0.3 is 0 Å². The van der Waals surface area contributed by atoms with Crippen LogP contribution in [0.15, 0.2) is 194 Å². The molecule has 13 aromatic rings. The van der Waals surface area contributed by atoms with Crippen LogP contribution >= 0.6 is 0 Å². The molecule has 0 bridgehead atoms. The van der Waals surface area contributed by atoms with Gasteiger partial charge in [0, 0.05) is 69.5 Å². The molecule has 9 aromatic carbocycles. The first-order valence-electron chi connectivity index (χ1n) is 23.5. The van der Waals surface area contributed by atoms with E-state index in [1.165, 1.54) is 54.3 Å². The number of aromatic nitrogens is 4. The minimum Gasteiger partial charge on any atom is -0.510 e. The van der Waals surface area contributed by atoms with Crippen molar-refractivity contribution in [1.82, 2.24) is 18.9 Å². The van der Waals surface area contributed by atoms with Gasteiger partial charge in [-0.3, -0.25) is 0 Å². The molecule has 0 atom stereocenters. The number of para-hydroxylation sites is 1. The summed E-state index contributed by atoms with van der Waals surface area (Å²) in [6.07, 6.45) is 5.33. The summed E-state index contributed by atoms with van der Waals surface area (Å²) < 4.78 is 11.2. The van der Waals surface area contributed by atoms with Crippen LogP contribution in [0, 0.1) is 25.4 Å². The number of fused-ring (bicyclic) bond motifs is 12. The van der Waals surface area contributed by atoms with Crippen LogP contribution in [0.3, 0.4) is 0 Å². The summed E-state index contributed by atoms with van der Waals surface area (Å²) in [7, 11) is -2.25. The minimum atomic E-state index is -2.25. The van der Waals surface area contributed by atoms with E-state index in [0.717, 1.165) is 71.5 Å². The standard InChI is InChI=1S/C63H41N4OSi.Pt/c1-39-16-4-5-17-42(39)43-18-6-7-19-44(43)45-20-8-11-23-48(45)52-32-34-59-62-60(52)65-38-66(62)57-37-41(30-33-58(57)69(59,2)3)68-40-29-31-51-54-27-14-26-53-49-24-12-9-21-46(49)47-22-10-13-25-50(47)55-28-15-35-64-63(55)67(61(53)54)56(51)36-40;/h4-35H,1-3H3;/q-3;. The van der Waals surface area contributed by atoms with Crippen molar-refractivity contribution in [2.45, 2.75) is 20.0 Å². The molecular weight excluding hydrogens is 1050 g/mol. The Morgan fingerprint density at radius 3 is 1.69 bits per heavy atom.